The molecule has 0 saturated carbocycles. The van der Waals surface area contributed by atoms with Gasteiger partial charge in [0.1, 0.15) is 12.1 Å². The number of sulfonamides is 1. The third-order valence-corrected chi connectivity index (χ3v) is 3.31. The van der Waals surface area contributed by atoms with E-state index in [1.807, 2.05) is 6.92 Å². The van der Waals surface area contributed by atoms with E-state index in [0.29, 0.717) is 18.2 Å². The lowest BCUT2D eigenvalue weighted by molar-refractivity contribution is 0.393. The van der Waals surface area contributed by atoms with Gasteiger partial charge in [-0.25, -0.2) is 23.1 Å². The Morgan fingerprint density at radius 1 is 1.37 bits per heavy atom. The normalized spacial score (nSPS) is 12.3. The maximum absolute atomic E-state index is 11.2. The summed E-state index contributed by atoms with van der Waals surface area (Å²) in [5.41, 5.74) is 0.151. The molecule has 0 aromatic carbocycles. The second-order valence-electron chi connectivity index (χ2n) is 4.97. The summed E-state index contributed by atoms with van der Waals surface area (Å²) < 4.78 is 30.1. The summed E-state index contributed by atoms with van der Waals surface area (Å²) in [6.07, 6.45) is 2.53. The van der Waals surface area contributed by atoms with Gasteiger partial charge >= 0.3 is 0 Å². The lowest BCUT2D eigenvalue weighted by atomic mass is 10.1. The molecular formula is C11H20N4O3S. The number of methoxy groups -OCH3 is 1. The molecule has 0 aliphatic heterocycles. The van der Waals surface area contributed by atoms with Crippen LogP contribution >= 0.6 is 0 Å². The Morgan fingerprint density at radius 3 is 2.53 bits per heavy atom. The van der Waals surface area contributed by atoms with Crippen LogP contribution < -0.4 is 14.8 Å². The Morgan fingerprint density at radius 2 is 2.00 bits per heavy atom. The predicted octanol–water partition coefficient (Wildman–Crippen LogP) is 0.533. The molecular weight excluding hydrogens is 268 g/mol. The van der Waals surface area contributed by atoms with E-state index in [9.17, 15) is 8.42 Å². The predicted molar refractivity (Wildman–Crippen MR) is 73.9 cm³/mol. The van der Waals surface area contributed by atoms with Gasteiger partial charge in [-0.1, -0.05) is 0 Å². The molecule has 1 aromatic heterocycles. The van der Waals surface area contributed by atoms with Crippen LogP contribution in [0.25, 0.3) is 0 Å². The number of aromatic nitrogens is 2. The van der Waals surface area contributed by atoms with Crippen molar-refractivity contribution in [2.24, 2.45) is 0 Å². The van der Waals surface area contributed by atoms with Crippen molar-refractivity contribution in [1.29, 1.82) is 0 Å². The smallest absolute Gasteiger partial charge is 0.221 e. The van der Waals surface area contributed by atoms with E-state index in [0.717, 1.165) is 11.8 Å². The zero-order chi connectivity index (χ0) is 14.7. The first-order chi connectivity index (χ1) is 8.64. The molecule has 19 heavy (non-hydrogen) atoms. The summed E-state index contributed by atoms with van der Waals surface area (Å²) in [6.45, 7) is 5.79. The molecule has 0 bridgehead atoms. The van der Waals surface area contributed by atoms with E-state index in [1.54, 1.807) is 13.8 Å². The molecule has 1 rings (SSSR count). The van der Waals surface area contributed by atoms with Crippen LogP contribution in [-0.2, 0) is 10.0 Å². The van der Waals surface area contributed by atoms with Gasteiger partial charge in [0.05, 0.1) is 18.9 Å². The number of nitrogens with zero attached hydrogens (tertiary/aromatic N) is 2. The van der Waals surface area contributed by atoms with Crippen molar-refractivity contribution >= 4 is 15.8 Å². The second kappa shape index (κ2) is 5.70. The zero-order valence-electron chi connectivity index (χ0n) is 11.8. The summed E-state index contributed by atoms with van der Waals surface area (Å²) >= 11 is 0. The van der Waals surface area contributed by atoms with Crippen LogP contribution in [0.5, 0.6) is 5.88 Å². The number of nitrogens with one attached hydrogen (secondary N) is 2. The van der Waals surface area contributed by atoms with E-state index in [2.05, 4.69) is 20.0 Å². The molecule has 0 unspecified atom stereocenters. The molecule has 0 aliphatic rings. The molecule has 8 heteroatoms. The Hall–Kier alpha value is -1.41. The Bertz CT molecular complexity index is 543. The van der Waals surface area contributed by atoms with Crippen molar-refractivity contribution < 1.29 is 13.2 Å². The molecule has 0 spiro atoms. The fourth-order valence-electron chi connectivity index (χ4n) is 1.66. The van der Waals surface area contributed by atoms with Gasteiger partial charge in [0.2, 0.25) is 15.9 Å². The number of hydrogen-bond donors (Lipinski definition) is 2. The zero-order valence-corrected chi connectivity index (χ0v) is 12.6. The fourth-order valence-corrected chi connectivity index (χ4v) is 2.74. The molecule has 108 valence electrons. The molecule has 0 atom stereocenters. The lowest BCUT2D eigenvalue weighted by Crippen LogP contribution is -2.47. The molecule has 0 radical (unpaired) electrons. The highest BCUT2D eigenvalue weighted by molar-refractivity contribution is 7.88. The molecule has 1 heterocycles. The third kappa shape index (κ3) is 4.99. The van der Waals surface area contributed by atoms with Gasteiger partial charge in [-0.2, -0.15) is 0 Å². The Labute approximate surface area is 113 Å². The van der Waals surface area contributed by atoms with Crippen LogP contribution in [0, 0.1) is 6.92 Å². The van der Waals surface area contributed by atoms with Crippen molar-refractivity contribution in [3.63, 3.8) is 0 Å². The van der Waals surface area contributed by atoms with Crippen molar-refractivity contribution in [3.8, 4) is 5.88 Å². The quantitative estimate of drug-likeness (QED) is 0.793. The molecule has 0 saturated heterocycles. The molecule has 0 amide bonds. The first kappa shape index (κ1) is 15.6. The minimum atomic E-state index is -3.26. The molecule has 0 aliphatic carbocycles. The molecule has 2 N–H and O–H groups in total. The van der Waals surface area contributed by atoms with Crippen LogP contribution in [0.15, 0.2) is 6.33 Å². The van der Waals surface area contributed by atoms with Gasteiger partial charge in [-0.05, 0) is 20.8 Å². The number of anilines is 1. The van der Waals surface area contributed by atoms with Crippen LogP contribution in [-0.4, -0.2) is 43.8 Å². The summed E-state index contributed by atoms with van der Waals surface area (Å²) in [6, 6.07) is 0. The van der Waals surface area contributed by atoms with Crippen molar-refractivity contribution in [1.82, 2.24) is 14.7 Å². The van der Waals surface area contributed by atoms with E-state index in [1.165, 1.54) is 13.4 Å². The minimum absolute atomic E-state index is 0.390. The van der Waals surface area contributed by atoms with Crippen LogP contribution in [0.3, 0.4) is 0 Å². The Kier molecular flexibility index (Phi) is 4.70. The topological polar surface area (TPSA) is 93.2 Å². The minimum Gasteiger partial charge on any atom is -0.481 e. The van der Waals surface area contributed by atoms with Crippen molar-refractivity contribution in [3.05, 3.63) is 11.9 Å². The highest BCUT2D eigenvalue weighted by Gasteiger charge is 2.22. The first-order valence-electron chi connectivity index (χ1n) is 5.73. The average Bonchev–Trinajstić information content (AvgIpc) is 2.24. The summed E-state index contributed by atoms with van der Waals surface area (Å²) in [4.78, 5) is 8.08. The number of rotatable bonds is 6. The van der Waals surface area contributed by atoms with Gasteiger partial charge in [-0.3, -0.25) is 0 Å². The SMILES string of the molecule is COc1ncnc(NCC(C)(C)NS(C)(=O)=O)c1C. The number of hydrogen-bond acceptors (Lipinski definition) is 6. The van der Waals surface area contributed by atoms with Crippen LogP contribution in [0.2, 0.25) is 0 Å². The Balaban J connectivity index is 2.77. The average molecular weight is 288 g/mol. The highest BCUT2D eigenvalue weighted by atomic mass is 32.2. The van der Waals surface area contributed by atoms with Gasteiger partial charge in [0, 0.05) is 12.1 Å². The van der Waals surface area contributed by atoms with E-state index in [4.69, 9.17) is 4.74 Å². The van der Waals surface area contributed by atoms with E-state index < -0.39 is 15.6 Å². The number of ether oxygens (including phenoxy) is 1. The second-order valence-corrected chi connectivity index (χ2v) is 6.72. The maximum Gasteiger partial charge on any atom is 0.221 e. The van der Waals surface area contributed by atoms with Crippen molar-refractivity contribution in [2.75, 3.05) is 25.2 Å². The molecule has 1 aromatic rings. The first-order valence-corrected chi connectivity index (χ1v) is 7.62. The summed E-state index contributed by atoms with van der Waals surface area (Å²) in [5.74, 6) is 1.11. The largest absolute Gasteiger partial charge is 0.481 e. The summed E-state index contributed by atoms with van der Waals surface area (Å²) in [5, 5.41) is 3.09. The monoisotopic (exact) mass is 288 g/mol. The van der Waals surface area contributed by atoms with Gasteiger partial charge in [-0.15, -0.1) is 0 Å². The summed E-state index contributed by atoms with van der Waals surface area (Å²) in [7, 11) is -1.72. The molecule has 7 nitrogen and oxygen atoms in total. The van der Waals surface area contributed by atoms with Crippen LogP contribution in [0.1, 0.15) is 19.4 Å². The third-order valence-electron chi connectivity index (χ3n) is 2.39. The lowest BCUT2D eigenvalue weighted by Gasteiger charge is -2.26. The van der Waals surface area contributed by atoms with E-state index >= 15 is 0 Å². The standard InChI is InChI=1S/C11H20N4O3S/c1-8-9(13-7-14-10(8)18-4)12-6-11(2,3)15-19(5,16)17/h7,15H,6H2,1-5H3,(H,12,13,14). The van der Waals surface area contributed by atoms with Gasteiger partial charge in [0.15, 0.2) is 0 Å². The maximum atomic E-state index is 11.2. The van der Waals surface area contributed by atoms with Crippen molar-refractivity contribution in [2.45, 2.75) is 26.3 Å². The van der Waals surface area contributed by atoms with Crippen LogP contribution in [0.4, 0.5) is 5.82 Å². The van der Waals surface area contributed by atoms with E-state index in [-0.39, 0.29) is 0 Å². The fraction of sp³-hybridized carbons (Fsp3) is 0.636. The van der Waals surface area contributed by atoms with Gasteiger partial charge < -0.3 is 10.1 Å². The highest BCUT2D eigenvalue weighted by Crippen LogP contribution is 2.20. The molecule has 0 fully saturated rings. The van der Waals surface area contributed by atoms with Gasteiger partial charge in [0.25, 0.3) is 0 Å².